The molecule has 0 aliphatic rings. The smallest absolute Gasteiger partial charge is 0.290 e. The van der Waals surface area contributed by atoms with Crippen LogP contribution in [-0.4, -0.2) is 62.7 Å². The highest BCUT2D eigenvalue weighted by Gasteiger charge is 1.89. The molecule has 4 nitrogen and oxygen atoms in total. The summed E-state index contributed by atoms with van der Waals surface area (Å²) >= 11 is 0. The number of hydrogen-bond donors (Lipinski definition) is 1. The van der Waals surface area contributed by atoms with Gasteiger partial charge in [-0.1, -0.05) is 0 Å². The van der Waals surface area contributed by atoms with E-state index >= 15 is 0 Å². The molecule has 0 amide bonds. The first-order valence-corrected chi connectivity index (χ1v) is 3.42. The molecule has 4 heteroatoms. The van der Waals surface area contributed by atoms with E-state index < -0.39 is 0 Å². The molecule has 11 heavy (non-hydrogen) atoms. The molecular formula is C7H18N2O2. The Balaban J connectivity index is 0. The summed E-state index contributed by atoms with van der Waals surface area (Å²) in [5.41, 5.74) is 0. The maximum Gasteiger partial charge on any atom is 0.290 e. The summed E-state index contributed by atoms with van der Waals surface area (Å²) in [6.45, 7) is 2.04. The van der Waals surface area contributed by atoms with E-state index in [1.807, 2.05) is 0 Å². The molecule has 0 radical (unpaired) electrons. The molecule has 0 atom stereocenters. The molecule has 0 aromatic heterocycles. The Morgan fingerprint density at radius 1 is 1.09 bits per heavy atom. The highest BCUT2D eigenvalue weighted by Crippen LogP contribution is 1.76. The van der Waals surface area contributed by atoms with E-state index in [1.54, 1.807) is 0 Å². The summed E-state index contributed by atoms with van der Waals surface area (Å²) in [5.74, 6) is 0. The Morgan fingerprint density at radius 2 is 1.27 bits per heavy atom. The van der Waals surface area contributed by atoms with Crippen LogP contribution in [0, 0.1) is 0 Å². The van der Waals surface area contributed by atoms with Gasteiger partial charge in [0.1, 0.15) is 0 Å². The molecule has 0 aromatic rings. The predicted molar refractivity (Wildman–Crippen MR) is 45.8 cm³/mol. The van der Waals surface area contributed by atoms with Gasteiger partial charge in [0.05, 0.1) is 0 Å². The lowest BCUT2D eigenvalue weighted by Gasteiger charge is -2.13. The number of rotatable bonds is 3. The number of carboxylic acid groups (broad SMARTS) is 1. The molecule has 0 saturated heterocycles. The van der Waals surface area contributed by atoms with Gasteiger partial charge in [-0.15, -0.1) is 0 Å². The molecule has 0 rings (SSSR count). The lowest BCUT2D eigenvalue weighted by Crippen LogP contribution is -2.25. The molecule has 0 spiro atoms. The van der Waals surface area contributed by atoms with Crippen molar-refractivity contribution in [2.45, 2.75) is 0 Å². The van der Waals surface area contributed by atoms with Crippen molar-refractivity contribution in [2.75, 3.05) is 41.3 Å². The van der Waals surface area contributed by atoms with Crippen LogP contribution in [0.5, 0.6) is 0 Å². The molecule has 0 aliphatic heterocycles. The average molecular weight is 162 g/mol. The van der Waals surface area contributed by atoms with Gasteiger partial charge >= 0.3 is 0 Å². The summed E-state index contributed by atoms with van der Waals surface area (Å²) in [4.78, 5) is 12.7. The normalized spacial score (nSPS) is 9.27. The average Bonchev–Trinajstić information content (AvgIpc) is 1.85. The van der Waals surface area contributed by atoms with Crippen molar-refractivity contribution < 1.29 is 9.90 Å². The first-order valence-electron chi connectivity index (χ1n) is 3.42. The Bertz CT molecular complexity index is 76.5. The third kappa shape index (κ3) is 26.6. The van der Waals surface area contributed by atoms with Crippen LogP contribution >= 0.6 is 0 Å². The molecule has 0 bridgehead atoms. The fourth-order valence-corrected chi connectivity index (χ4v) is 0.400. The van der Waals surface area contributed by atoms with Gasteiger partial charge in [0.2, 0.25) is 0 Å². The third-order valence-electron chi connectivity index (χ3n) is 0.994. The lowest BCUT2D eigenvalue weighted by molar-refractivity contribution is -0.122. The van der Waals surface area contributed by atoms with E-state index in [0.717, 1.165) is 13.1 Å². The van der Waals surface area contributed by atoms with E-state index in [9.17, 15) is 0 Å². The monoisotopic (exact) mass is 162 g/mol. The molecule has 0 heterocycles. The maximum absolute atomic E-state index is 8.36. The quantitative estimate of drug-likeness (QED) is 0.584. The molecule has 68 valence electrons. The van der Waals surface area contributed by atoms with Crippen molar-refractivity contribution in [3.8, 4) is 0 Å². The highest BCUT2D eigenvalue weighted by atomic mass is 16.3. The van der Waals surface area contributed by atoms with Crippen LogP contribution in [0.15, 0.2) is 0 Å². The molecule has 0 fully saturated rings. The standard InChI is InChI=1S/C6H16N2.CH2O2/c1-7(2)5-6-8(3)4;2-1-3/h5-6H2,1-4H3;1H,(H,2,3). The summed E-state index contributed by atoms with van der Waals surface area (Å²) in [5, 5.41) is 6.89. The van der Waals surface area contributed by atoms with Gasteiger partial charge < -0.3 is 14.9 Å². The van der Waals surface area contributed by atoms with Crippen LogP contribution in [-0.2, 0) is 4.79 Å². The summed E-state index contributed by atoms with van der Waals surface area (Å²) in [6.07, 6.45) is 0. The molecule has 0 aromatic carbocycles. The van der Waals surface area contributed by atoms with Crippen LogP contribution < -0.4 is 0 Å². The van der Waals surface area contributed by atoms with Gasteiger partial charge in [-0.2, -0.15) is 0 Å². The Labute approximate surface area is 68.4 Å². The Morgan fingerprint density at radius 3 is 1.36 bits per heavy atom. The number of hydrogen-bond acceptors (Lipinski definition) is 3. The zero-order valence-corrected chi connectivity index (χ0v) is 7.74. The lowest BCUT2D eigenvalue weighted by atomic mass is 10.5. The summed E-state index contributed by atoms with van der Waals surface area (Å²) in [6, 6.07) is 0. The van der Waals surface area contributed by atoms with Crippen LogP contribution in [0.25, 0.3) is 0 Å². The molecule has 0 saturated carbocycles. The minimum Gasteiger partial charge on any atom is -0.483 e. The van der Waals surface area contributed by atoms with Gasteiger partial charge in [-0.3, -0.25) is 4.79 Å². The van der Waals surface area contributed by atoms with Crippen LogP contribution in [0.1, 0.15) is 0 Å². The SMILES string of the molecule is CN(C)CCN(C)C.O=CO. The Hall–Kier alpha value is -0.610. The van der Waals surface area contributed by atoms with Gasteiger partial charge in [-0.25, -0.2) is 0 Å². The van der Waals surface area contributed by atoms with E-state index in [1.165, 1.54) is 0 Å². The topological polar surface area (TPSA) is 43.8 Å². The van der Waals surface area contributed by atoms with Crippen molar-refractivity contribution in [1.29, 1.82) is 0 Å². The number of likely N-dealkylation sites (N-methyl/N-ethyl adjacent to an activating group) is 2. The second kappa shape index (κ2) is 9.39. The van der Waals surface area contributed by atoms with Gasteiger partial charge in [0, 0.05) is 13.1 Å². The van der Waals surface area contributed by atoms with E-state index in [-0.39, 0.29) is 6.47 Å². The number of nitrogens with zero attached hydrogens (tertiary/aromatic N) is 2. The third-order valence-corrected chi connectivity index (χ3v) is 0.994. The second-order valence-electron chi connectivity index (χ2n) is 2.71. The van der Waals surface area contributed by atoms with E-state index in [4.69, 9.17) is 9.90 Å². The second-order valence-corrected chi connectivity index (χ2v) is 2.71. The zero-order valence-electron chi connectivity index (χ0n) is 7.74. The first-order chi connectivity index (χ1) is 5.04. The molecular weight excluding hydrogens is 144 g/mol. The van der Waals surface area contributed by atoms with E-state index in [2.05, 4.69) is 38.0 Å². The van der Waals surface area contributed by atoms with Crippen molar-refractivity contribution >= 4 is 6.47 Å². The molecule has 0 aliphatic carbocycles. The molecule has 1 N–H and O–H groups in total. The summed E-state index contributed by atoms with van der Waals surface area (Å²) < 4.78 is 0. The predicted octanol–water partition coefficient (Wildman–Crippen LogP) is -0.190. The van der Waals surface area contributed by atoms with Crippen LogP contribution in [0.3, 0.4) is 0 Å². The van der Waals surface area contributed by atoms with Crippen molar-refractivity contribution in [3.63, 3.8) is 0 Å². The molecule has 0 unspecified atom stereocenters. The largest absolute Gasteiger partial charge is 0.483 e. The maximum atomic E-state index is 8.36. The van der Waals surface area contributed by atoms with Crippen molar-refractivity contribution in [2.24, 2.45) is 0 Å². The van der Waals surface area contributed by atoms with Crippen LogP contribution in [0.2, 0.25) is 0 Å². The van der Waals surface area contributed by atoms with Crippen molar-refractivity contribution in [3.05, 3.63) is 0 Å². The van der Waals surface area contributed by atoms with Gasteiger partial charge in [0.15, 0.2) is 0 Å². The summed E-state index contributed by atoms with van der Waals surface area (Å²) in [7, 11) is 8.35. The van der Waals surface area contributed by atoms with Crippen molar-refractivity contribution in [1.82, 2.24) is 9.80 Å². The number of carbonyl (C=O) groups is 1. The highest BCUT2D eigenvalue weighted by molar-refractivity contribution is 5.32. The Kier molecular flexibility index (Phi) is 11.1. The van der Waals surface area contributed by atoms with Crippen LogP contribution in [0.4, 0.5) is 0 Å². The van der Waals surface area contributed by atoms with E-state index in [0.29, 0.717) is 0 Å². The fourth-order valence-electron chi connectivity index (χ4n) is 0.400. The minimum atomic E-state index is -0.250. The fraction of sp³-hybridized carbons (Fsp3) is 0.857. The first kappa shape index (κ1) is 13.0. The van der Waals surface area contributed by atoms with Gasteiger partial charge in [0.25, 0.3) is 6.47 Å². The minimum absolute atomic E-state index is 0.250. The van der Waals surface area contributed by atoms with Gasteiger partial charge in [-0.05, 0) is 28.2 Å². The zero-order chi connectivity index (χ0) is 9.28.